The summed E-state index contributed by atoms with van der Waals surface area (Å²) < 4.78 is 11.5. The highest BCUT2D eigenvalue weighted by atomic mass is 35.5. The van der Waals surface area contributed by atoms with E-state index in [1.165, 1.54) is 0 Å². The van der Waals surface area contributed by atoms with Crippen LogP contribution in [0.25, 0.3) is 33.3 Å². The van der Waals surface area contributed by atoms with Crippen LogP contribution in [0.1, 0.15) is 0 Å². The SMILES string of the molecule is O=C(COc1ccc(Cl)cc1Cl)Nc1ccc2oc(-c3cccc4c(Cl)cccc34)nc2c1. The highest BCUT2D eigenvalue weighted by Crippen LogP contribution is 2.34. The minimum absolute atomic E-state index is 0.208. The predicted octanol–water partition coefficient (Wildman–Crippen LogP) is 7.63. The Kier molecular flexibility index (Phi) is 5.85. The molecule has 0 aliphatic heterocycles. The van der Waals surface area contributed by atoms with Crippen molar-refractivity contribution in [1.82, 2.24) is 4.98 Å². The van der Waals surface area contributed by atoms with Crippen molar-refractivity contribution in [3.63, 3.8) is 0 Å². The van der Waals surface area contributed by atoms with Crippen LogP contribution in [0, 0.1) is 0 Å². The molecule has 5 rings (SSSR count). The molecule has 1 amide bonds. The third kappa shape index (κ3) is 4.48. The van der Waals surface area contributed by atoms with Gasteiger partial charge in [-0.25, -0.2) is 4.98 Å². The van der Waals surface area contributed by atoms with Crippen LogP contribution in [0.5, 0.6) is 5.75 Å². The molecule has 1 heterocycles. The summed E-state index contributed by atoms with van der Waals surface area (Å²) in [7, 11) is 0. The van der Waals surface area contributed by atoms with Crippen LogP contribution in [0.4, 0.5) is 5.69 Å². The number of halogens is 3. The second-order valence-electron chi connectivity index (χ2n) is 7.25. The first kappa shape index (κ1) is 21.6. The molecule has 33 heavy (non-hydrogen) atoms. The van der Waals surface area contributed by atoms with E-state index in [4.69, 9.17) is 44.0 Å². The van der Waals surface area contributed by atoms with Gasteiger partial charge < -0.3 is 14.5 Å². The van der Waals surface area contributed by atoms with Crippen molar-refractivity contribution in [3.8, 4) is 17.2 Å². The summed E-state index contributed by atoms with van der Waals surface area (Å²) >= 11 is 18.3. The summed E-state index contributed by atoms with van der Waals surface area (Å²) in [4.78, 5) is 17.0. The van der Waals surface area contributed by atoms with Crippen LogP contribution in [-0.4, -0.2) is 17.5 Å². The average molecular weight is 498 g/mol. The Morgan fingerprint density at radius 1 is 0.909 bits per heavy atom. The quantitative estimate of drug-likeness (QED) is 0.271. The van der Waals surface area contributed by atoms with Gasteiger partial charge in [0.2, 0.25) is 5.89 Å². The number of carbonyl (C=O) groups excluding carboxylic acids is 1. The molecular formula is C25H15Cl3N2O3. The van der Waals surface area contributed by atoms with Gasteiger partial charge >= 0.3 is 0 Å². The number of fused-ring (bicyclic) bond motifs is 2. The third-order valence-corrected chi connectivity index (χ3v) is 5.88. The number of hydrogen-bond acceptors (Lipinski definition) is 4. The van der Waals surface area contributed by atoms with Crippen LogP contribution >= 0.6 is 34.8 Å². The zero-order valence-electron chi connectivity index (χ0n) is 16.9. The summed E-state index contributed by atoms with van der Waals surface area (Å²) in [6.45, 7) is -0.208. The third-order valence-electron chi connectivity index (χ3n) is 5.02. The van der Waals surface area contributed by atoms with E-state index in [0.29, 0.717) is 43.5 Å². The van der Waals surface area contributed by atoms with E-state index < -0.39 is 0 Å². The molecule has 0 aliphatic carbocycles. The highest BCUT2D eigenvalue weighted by Gasteiger charge is 2.14. The zero-order chi connectivity index (χ0) is 22.9. The summed E-state index contributed by atoms with van der Waals surface area (Å²) in [6.07, 6.45) is 0. The molecule has 5 aromatic rings. The number of carbonyl (C=O) groups is 1. The van der Waals surface area contributed by atoms with Crippen molar-refractivity contribution in [3.05, 3.63) is 87.9 Å². The van der Waals surface area contributed by atoms with Gasteiger partial charge in [0.15, 0.2) is 12.2 Å². The molecule has 0 unspecified atom stereocenters. The lowest BCUT2D eigenvalue weighted by Gasteiger charge is -2.09. The van der Waals surface area contributed by atoms with Crippen LogP contribution in [0.2, 0.25) is 15.1 Å². The molecule has 0 bridgehead atoms. The van der Waals surface area contributed by atoms with Gasteiger partial charge in [-0.05, 0) is 53.9 Å². The maximum absolute atomic E-state index is 12.3. The van der Waals surface area contributed by atoms with Crippen LogP contribution in [0.3, 0.4) is 0 Å². The van der Waals surface area contributed by atoms with E-state index in [0.717, 1.165) is 16.3 Å². The van der Waals surface area contributed by atoms with Crippen LogP contribution in [-0.2, 0) is 4.79 Å². The lowest BCUT2D eigenvalue weighted by molar-refractivity contribution is -0.118. The van der Waals surface area contributed by atoms with Gasteiger partial charge in [-0.2, -0.15) is 0 Å². The van der Waals surface area contributed by atoms with Gasteiger partial charge in [-0.1, -0.05) is 59.1 Å². The Morgan fingerprint density at radius 3 is 2.58 bits per heavy atom. The van der Waals surface area contributed by atoms with Crippen molar-refractivity contribution in [2.75, 3.05) is 11.9 Å². The lowest BCUT2D eigenvalue weighted by Crippen LogP contribution is -2.20. The second kappa shape index (κ2) is 8.94. The number of oxazole rings is 1. The van der Waals surface area contributed by atoms with Gasteiger partial charge in [0.25, 0.3) is 5.91 Å². The number of rotatable bonds is 5. The van der Waals surface area contributed by atoms with Crippen molar-refractivity contribution in [2.24, 2.45) is 0 Å². The molecule has 8 heteroatoms. The van der Waals surface area contributed by atoms with E-state index in [1.54, 1.807) is 36.4 Å². The summed E-state index contributed by atoms with van der Waals surface area (Å²) in [5.41, 5.74) is 2.62. The molecule has 0 aliphatic rings. The maximum atomic E-state index is 12.3. The smallest absolute Gasteiger partial charge is 0.262 e. The van der Waals surface area contributed by atoms with Gasteiger partial charge in [-0.15, -0.1) is 0 Å². The molecule has 0 fully saturated rings. The summed E-state index contributed by atoms with van der Waals surface area (Å²) in [5, 5.41) is 6.15. The van der Waals surface area contributed by atoms with E-state index >= 15 is 0 Å². The molecule has 1 aromatic heterocycles. The number of benzene rings is 4. The first-order valence-corrected chi connectivity index (χ1v) is 11.1. The Balaban J connectivity index is 1.36. The molecule has 0 atom stereocenters. The van der Waals surface area contributed by atoms with Gasteiger partial charge in [0, 0.05) is 26.7 Å². The van der Waals surface area contributed by atoms with Crippen molar-refractivity contribution < 1.29 is 13.9 Å². The largest absolute Gasteiger partial charge is 0.482 e. The lowest BCUT2D eigenvalue weighted by atomic mass is 10.0. The van der Waals surface area contributed by atoms with E-state index in [-0.39, 0.29) is 12.5 Å². The standard InChI is InChI=1S/C25H15Cl3N2O3/c26-14-7-9-22(20(28)11-14)32-13-24(31)29-15-8-10-23-21(12-15)30-25(33-23)18-5-1-4-17-16(18)3-2-6-19(17)27/h1-12H,13H2,(H,29,31). The predicted molar refractivity (Wildman–Crippen MR) is 133 cm³/mol. The first-order chi connectivity index (χ1) is 16.0. The topological polar surface area (TPSA) is 64.4 Å². The number of aromatic nitrogens is 1. The van der Waals surface area contributed by atoms with Crippen molar-refractivity contribution >= 4 is 68.3 Å². The number of nitrogens with one attached hydrogen (secondary N) is 1. The van der Waals surface area contributed by atoms with Gasteiger partial charge in [-0.3, -0.25) is 4.79 Å². The van der Waals surface area contributed by atoms with E-state index in [1.807, 2.05) is 36.4 Å². The van der Waals surface area contributed by atoms with Gasteiger partial charge in [0.05, 0.1) is 5.02 Å². The molecule has 4 aromatic carbocycles. The monoisotopic (exact) mass is 496 g/mol. The Labute approximate surface area is 203 Å². The molecule has 0 saturated carbocycles. The molecule has 164 valence electrons. The average Bonchev–Trinajstić information content (AvgIpc) is 3.22. The summed E-state index contributed by atoms with van der Waals surface area (Å²) in [5.74, 6) is 0.512. The zero-order valence-corrected chi connectivity index (χ0v) is 19.2. The highest BCUT2D eigenvalue weighted by molar-refractivity contribution is 6.36. The fourth-order valence-electron chi connectivity index (χ4n) is 3.51. The number of ether oxygens (including phenoxy) is 1. The van der Waals surface area contributed by atoms with Crippen LogP contribution < -0.4 is 10.1 Å². The molecule has 5 nitrogen and oxygen atoms in total. The molecule has 0 radical (unpaired) electrons. The maximum Gasteiger partial charge on any atom is 0.262 e. The van der Waals surface area contributed by atoms with Crippen molar-refractivity contribution in [2.45, 2.75) is 0 Å². The summed E-state index contributed by atoms with van der Waals surface area (Å²) in [6, 6.07) is 21.6. The second-order valence-corrected chi connectivity index (χ2v) is 8.50. The molecule has 0 spiro atoms. The molecule has 1 N–H and O–H groups in total. The Morgan fingerprint density at radius 2 is 1.73 bits per heavy atom. The van der Waals surface area contributed by atoms with E-state index in [9.17, 15) is 4.79 Å². The minimum atomic E-state index is -0.340. The fraction of sp³-hybridized carbons (Fsp3) is 0.0400. The molecular weight excluding hydrogens is 483 g/mol. The van der Waals surface area contributed by atoms with E-state index in [2.05, 4.69) is 10.3 Å². The van der Waals surface area contributed by atoms with Crippen LogP contribution in [0.15, 0.2) is 77.2 Å². The number of amides is 1. The normalized spacial score (nSPS) is 11.1. The Bertz CT molecular complexity index is 1510. The number of anilines is 1. The molecule has 0 saturated heterocycles. The van der Waals surface area contributed by atoms with Gasteiger partial charge in [0.1, 0.15) is 11.3 Å². The van der Waals surface area contributed by atoms with Crippen molar-refractivity contribution in [1.29, 1.82) is 0 Å². The Hall–Kier alpha value is -3.25. The number of nitrogens with zero attached hydrogens (tertiary/aromatic N) is 1. The minimum Gasteiger partial charge on any atom is -0.482 e. The first-order valence-electron chi connectivity index (χ1n) is 9.94. The fourth-order valence-corrected chi connectivity index (χ4v) is 4.21. The number of hydrogen-bond donors (Lipinski definition) is 1.